The molecule has 10 heteroatoms. The first-order chi connectivity index (χ1) is 14.5. The molecule has 2 unspecified atom stereocenters. The quantitative estimate of drug-likeness (QED) is 0.588. The van der Waals surface area contributed by atoms with Crippen LogP contribution in [0.1, 0.15) is 52.6 Å². The first kappa shape index (κ1) is 24.4. The van der Waals surface area contributed by atoms with E-state index in [-0.39, 0.29) is 30.9 Å². The molecule has 172 valence electrons. The van der Waals surface area contributed by atoms with E-state index in [0.717, 1.165) is 0 Å². The van der Waals surface area contributed by atoms with Gasteiger partial charge in [0.25, 0.3) is 5.91 Å². The molecule has 0 spiro atoms. The number of rotatable bonds is 5. The molecule has 31 heavy (non-hydrogen) atoms. The molecule has 1 aromatic heterocycles. The van der Waals surface area contributed by atoms with Crippen LogP contribution in [0.5, 0.6) is 0 Å². The van der Waals surface area contributed by atoms with E-state index in [9.17, 15) is 19.2 Å². The van der Waals surface area contributed by atoms with Crippen molar-refractivity contribution in [2.75, 3.05) is 13.2 Å². The molecule has 0 saturated carbocycles. The van der Waals surface area contributed by atoms with Crippen LogP contribution < -0.4 is 16.0 Å². The van der Waals surface area contributed by atoms with Crippen molar-refractivity contribution in [2.45, 2.75) is 66.0 Å². The molecule has 3 N–H and O–H groups in total. The molecule has 0 aliphatic carbocycles. The highest BCUT2D eigenvalue weighted by Gasteiger charge is 2.32. The third kappa shape index (κ3) is 7.69. The zero-order valence-corrected chi connectivity index (χ0v) is 18.7. The van der Waals surface area contributed by atoms with Crippen molar-refractivity contribution in [3.8, 4) is 0 Å². The normalized spacial score (nSPS) is 18.6. The topological polar surface area (TPSA) is 140 Å². The SMILES string of the molecule is CC(C)C(NC(=O)OCC(C)(C)C)C(=O)NC1CCc2coc(n2)CCNC(=O)C1=O. The number of alkyl carbamates (subject to hydrolysis) is 1. The smallest absolute Gasteiger partial charge is 0.407 e. The molecule has 1 aromatic rings. The predicted octanol–water partition coefficient (Wildman–Crippen LogP) is 1.13. The number of nitrogens with zero attached hydrogens (tertiary/aromatic N) is 1. The number of carbonyl (C=O) groups is 4. The van der Waals surface area contributed by atoms with E-state index in [4.69, 9.17) is 9.15 Å². The second-order valence-electron chi connectivity index (χ2n) is 9.21. The summed E-state index contributed by atoms with van der Waals surface area (Å²) in [6.45, 7) is 9.66. The van der Waals surface area contributed by atoms with Crippen LogP contribution in [0, 0.1) is 11.3 Å². The lowest BCUT2D eigenvalue weighted by Gasteiger charge is -2.25. The highest BCUT2D eigenvalue weighted by atomic mass is 16.5. The number of amides is 3. The fourth-order valence-corrected chi connectivity index (χ4v) is 2.92. The number of nitrogens with one attached hydrogen (secondary N) is 3. The molecule has 10 nitrogen and oxygen atoms in total. The number of hydrogen-bond acceptors (Lipinski definition) is 7. The number of aryl methyl sites for hydroxylation is 1. The Balaban J connectivity index is 2.07. The van der Waals surface area contributed by atoms with Crippen molar-refractivity contribution in [3.63, 3.8) is 0 Å². The molecule has 2 rings (SSSR count). The fraction of sp³-hybridized carbons (Fsp3) is 0.667. The Kier molecular flexibility index (Phi) is 8.18. The zero-order valence-electron chi connectivity index (χ0n) is 18.7. The zero-order chi connectivity index (χ0) is 23.2. The van der Waals surface area contributed by atoms with Crippen molar-refractivity contribution in [3.05, 3.63) is 17.8 Å². The third-order valence-electron chi connectivity index (χ3n) is 4.63. The van der Waals surface area contributed by atoms with Gasteiger partial charge in [0.15, 0.2) is 5.89 Å². The number of aromatic nitrogens is 1. The van der Waals surface area contributed by atoms with Gasteiger partial charge in [-0.1, -0.05) is 34.6 Å². The van der Waals surface area contributed by atoms with Crippen LogP contribution in [-0.4, -0.2) is 53.9 Å². The molecule has 0 radical (unpaired) electrons. The summed E-state index contributed by atoms with van der Waals surface area (Å²) in [5.74, 6) is -1.88. The van der Waals surface area contributed by atoms with Crippen LogP contribution in [0.4, 0.5) is 4.79 Å². The average Bonchev–Trinajstić information content (AvgIpc) is 3.12. The molecule has 0 saturated heterocycles. The second kappa shape index (κ2) is 10.4. The first-order valence-corrected chi connectivity index (χ1v) is 10.5. The maximum absolute atomic E-state index is 12.9. The Labute approximate surface area is 181 Å². The van der Waals surface area contributed by atoms with Crippen molar-refractivity contribution in [1.82, 2.24) is 20.9 Å². The van der Waals surface area contributed by atoms with E-state index in [1.807, 2.05) is 20.8 Å². The number of fused-ring (bicyclic) bond motifs is 2. The predicted molar refractivity (Wildman–Crippen MR) is 111 cm³/mol. The number of oxazole rings is 1. The van der Waals surface area contributed by atoms with E-state index < -0.39 is 35.8 Å². The van der Waals surface area contributed by atoms with E-state index in [1.54, 1.807) is 13.8 Å². The Bertz CT molecular complexity index is 811. The van der Waals surface area contributed by atoms with Crippen molar-refractivity contribution >= 4 is 23.7 Å². The lowest BCUT2D eigenvalue weighted by Crippen LogP contribution is -2.55. The van der Waals surface area contributed by atoms with Crippen LogP contribution in [0.25, 0.3) is 0 Å². The van der Waals surface area contributed by atoms with Crippen LogP contribution in [0.2, 0.25) is 0 Å². The standard InChI is InChI=1S/C21H32N4O6/c1-12(2)16(25-20(29)31-11-21(3,4)5)18(27)24-14-7-6-13-10-30-15(23-13)8-9-22-19(28)17(14)26/h10,12,14,16H,6-9,11H2,1-5H3,(H,22,28)(H,24,27)(H,25,29). The van der Waals surface area contributed by atoms with Gasteiger partial charge in [-0.3, -0.25) is 14.4 Å². The minimum absolute atomic E-state index is 0.170. The molecular formula is C21H32N4O6. The number of ether oxygens (including phenoxy) is 1. The Morgan fingerprint density at radius 3 is 2.65 bits per heavy atom. The van der Waals surface area contributed by atoms with E-state index in [1.165, 1.54) is 6.26 Å². The molecule has 2 atom stereocenters. The average molecular weight is 437 g/mol. The van der Waals surface area contributed by atoms with Gasteiger partial charge in [0, 0.05) is 13.0 Å². The summed E-state index contributed by atoms with van der Waals surface area (Å²) < 4.78 is 10.5. The Morgan fingerprint density at radius 2 is 2.00 bits per heavy atom. The molecular weight excluding hydrogens is 404 g/mol. The number of ketones is 1. The van der Waals surface area contributed by atoms with Gasteiger partial charge in [0.1, 0.15) is 12.3 Å². The number of Topliss-reactive ketones (excluding diaryl/α,β-unsaturated/α-hetero) is 1. The minimum atomic E-state index is -1.06. The molecule has 1 aliphatic rings. The van der Waals surface area contributed by atoms with Gasteiger partial charge < -0.3 is 25.1 Å². The summed E-state index contributed by atoms with van der Waals surface area (Å²) in [6.07, 6.45) is 1.67. The third-order valence-corrected chi connectivity index (χ3v) is 4.63. The van der Waals surface area contributed by atoms with Crippen LogP contribution in [-0.2, 0) is 32.0 Å². The lowest BCUT2D eigenvalue weighted by molar-refractivity contribution is -0.140. The summed E-state index contributed by atoms with van der Waals surface area (Å²) in [7, 11) is 0. The van der Waals surface area contributed by atoms with Gasteiger partial charge in [-0.25, -0.2) is 9.78 Å². The lowest BCUT2D eigenvalue weighted by atomic mass is 9.99. The highest BCUT2D eigenvalue weighted by molar-refractivity contribution is 6.38. The fourth-order valence-electron chi connectivity index (χ4n) is 2.92. The van der Waals surface area contributed by atoms with Crippen LogP contribution in [0.3, 0.4) is 0 Å². The minimum Gasteiger partial charge on any atom is -0.449 e. The van der Waals surface area contributed by atoms with Gasteiger partial charge in [-0.05, 0) is 24.2 Å². The van der Waals surface area contributed by atoms with Gasteiger partial charge >= 0.3 is 6.09 Å². The highest BCUT2D eigenvalue weighted by Crippen LogP contribution is 2.14. The molecule has 2 heterocycles. The van der Waals surface area contributed by atoms with Gasteiger partial charge in [-0.2, -0.15) is 0 Å². The molecule has 0 aromatic carbocycles. The molecule has 1 aliphatic heterocycles. The van der Waals surface area contributed by atoms with E-state index in [2.05, 4.69) is 20.9 Å². The maximum Gasteiger partial charge on any atom is 0.407 e. The van der Waals surface area contributed by atoms with Crippen molar-refractivity contribution < 1.29 is 28.3 Å². The largest absolute Gasteiger partial charge is 0.449 e. The van der Waals surface area contributed by atoms with E-state index >= 15 is 0 Å². The van der Waals surface area contributed by atoms with Gasteiger partial charge in [0.2, 0.25) is 11.7 Å². The Morgan fingerprint density at radius 1 is 1.29 bits per heavy atom. The summed E-state index contributed by atoms with van der Waals surface area (Å²) in [5.41, 5.74) is 0.420. The summed E-state index contributed by atoms with van der Waals surface area (Å²) in [5, 5.41) is 7.69. The van der Waals surface area contributed by atoms with E-state index in [0.29, 0.717) is 24.4 Å². The second-order valence-corrected chi connectivity index (χ2v) is 9.21. The van der Waals surface area contributed by atoms with Crippen molar-refractivity contribution in [2.24, 2.45) is 11.3 Å². The summed E-state index contributed by atoms with van der Waals surface area (Å²) in [4.78, 5) is 54.2. The summed E-state index contributed by atoms with van der Waals surface area (Å²) in [6, 6.07) is -1.99. The monoisotopic (exact) mass is 436 g/mol. The van der Waals surface area contributed by atoms with Gasteiger partial charge in [0.05, 0.1) is 18.3 Å². The summed E-state index contributed by atoms with van der Waals surface area (Å²) >= 11 is 0. The van der Waals surface area contributed by atoms with Crippen molar-refractivity contribution in [1.29, 1.82) is 0 Å². The van der Waals surface area contributed by atoms with Gasteiger partial charge in [-0.15, -0.1) is 0 Å². The Hall–Kier alpha value is -2.91. The van der Waals surface area contributed by atoms with Crippen LogP contribution >= 0.6 is 0 Å². The maximum atomic E-state index is 12.9. The number of carbonyl (C=O) groups excluding carboxylic acids is 4. The molecule has 2 bridgehead atoms. The first-order valence-electron chi connectivity index (χ1n) is 10.5. The molecule has 0 fully saturated rings. The number of hydrogen-bond donors (Lipinski definition) is 3. The van der Waals surface area contributed by atoms with Crippen LogP contribution in [0.15, 0.2) is 10.7 Å². The molecule has 3 amide bonds.